The fourth-order valence-corrected chi connectivity index (χ4v) is 3.11. The SMILES string of the molecule is O=C(O)C1(C(=O)O)CC=C(c2ccc(-c3ccc([N+](=O)[O-])cn3)cc2)CC1. The summed E-state index contributed by atoms with van der Waals surface area (Å²) in [7, 11) is 0. The highest BCUT2D eigenvalue weighted by atomic mass is 16.6. The van der Waals surface area contributed by atoms with Gasteiger partial charge in [-0.15, -0.1) is 0 Å². The number of nitrogens with zero attached hydrogens (tertiary/aromatic N) is 2. The van der Waals surface area contributed by atoms with Crippen LogP contribution in [0.25, 0.3) is 16.8 Å². The van der Waals surface area contributed by atoms with Gasteiger partial charge >= 0.3 is 11.9 Å². The molecule has 0 unspecified atom stereocenters. The molecule has 8 heteroatoms. The minimum atomic E-state index is -1.76. The predicted octanol–water partition coefficient (Wildman–Crippen LogP) is 3.38. The molecule has 0 saturated heterocycles. The first-order chi connectivity index (χ1) is 12.8. The van der Waals surface area contributed by atoms with Crippen LogP contribution in [0.2, 0.25) is 0 Å². The first kappa shape index (κ1) is 18.2. The summed E-state index contributed by atoms with van der Waals surface area (Å²) in [6.45, 7) is 0. The number of carboxylic acids is 2. The molecule has 1 heterocycles. The number of aliphatic carboxylic acids is 2. The molecule has 1 aromatic heterocycles. The number of aromatic nitrogens is 1. The maximum Gasteiger partial charge on any atom is 0.321 e. The van der Waals surface area contributed by atoms with E-state index in [1.807, 2.05) is 24.3 Å². The molecule has 0 bridgehead atoms. The topological polar surface area (TPSA) is 131 Å². The Bertz CT molecular complexity index is 918. The minimum absolute atomic E-state index is 0.0369. The molecule has 0 amide bonds. The van der Waals surface area contributed by atoms with Crippen LogP contribution < -0.4 is 0 Å². The van der Waals surface area contributed by atoms with E-state index in [1.165, 1.54) is 12.3 Å². The molecule has 2 aromatic rings. The van der Waals surface area contributed by atoms with Crippen molar-refractivity contribution in [3.63, 3.8) is 0 Å². The van der Waals surface area contributed by atoms with Gasteiger partial charge in [0.25, 0.3) is 5.69 Å². The smallest absolute Gasteiger partial charge is 0.321 e. The summed E-state index contributed by atoms with van der Waals surface area (Å²) in [6.07, 6.45) is 3.21. The monoisotopic (exact) mass is 368 g/mol. The van der Waals surface area contributed by atoms with Crippen molar-refractivity contribution in [1.29, 1.82) is 0 Å². The second-order valence-electron chi connectivity index (χ2n) is 6.36. The first-order valence-electron chi connectivity index (χ1n) is 8.20. The van der Waals surface area contributed by atoms with E-state index < -0.39 is 22.3 Å². The van der Waals surface area contributed by atoms with E-state index in [-0.39, 0.29) is 18.5 Å². The number of rotatable bonds is 5. The fourth-order valence-electron chi connectivity index (χ4n) is 3.11. The van der Waals surface area contributed by atoms with Crippen molar-refractivity contribution in [3.05, 3.63) is 64.3 Å². The van der Waals surface area contributed by atoms with Gasteiger partial charge in [-0.3, -0.25) is 19.7 Å². The van der Waals surface area contributed by atoms with E-state index in [4.69, 9.17) is 0 Å². The number of nitro groups is 1. The summed E-state index contributed by atoms with van der Waals surface area (Å²) in [5.74, 6) is -2.63. The number of benzene rings is 1. The van der Waals surface area contributed by atoms with Crippen molar-refractivity contribution in [2.45, 2.75) is 19.3 Å². The maximum absolute atomic E-state index is 11.4. The molecular formula is C19H16N2O6. The fraction of sp³-hybridized carbons (Fsp3) is 0.211. The lowest BCUT2D eigenvalue weighted by Crippen LogP contribution is -2.40. The molecule has 0 aliphatic heterocycles. The summed E-state index contributed by atoms with van der Waals surface area (Å²) in [5, 5.41) is 29.2. The van der Waals surface area contributed by atoms with Crippen LogP contribution in [0.4, 0.5) is 5.69 Å². The Hall–Kier alpha value is -3.55. The van der Waals surface area contributed by atoms with Crippen molar-refractivity contribution >= 4 is 23.2 Å². The van der Waals surface area contributed by atoms with Gasteiger partial charge in [0.2, 0.25) is 0 Å². The van der Waals surface area contributed by atoms with Crippen LogP contribution in [0.5, 0.6) is 0 Å². The summed E-state index contributed by atoms with van der Waals surface area (Å²) in [4.78, 5) is 37.0. The van der Waals surface area contributed by atoms with Gasteiger partial charge in [-0.25, -0.2) is 4.98 Å². The van der Waals surface area contributed by atoms with Crippen LogP contribution in [0.1, 0.15) is 24.8 Å². The molecule has 27 heavy (non-hydrogen) atoms. The summed E-state index contributed by atoms with van der Waals surface area (Å²) in [6, 6.07) is 10.3. The maximum atomic E-state index is 11.4. The zero-order valence-electron chi connectivity index (χ0n) is 14.2. The highest BCUT2D eigenvalue weighted by molar-refractivity contribution is 5.99. The highest BCUT2D eigenvalue weighted by Gasteiger charge is 2.47. The third-order valence-electron chi connectivity index (χ3n) is 4.85. The van der Waals surface area contributed by atoms with Crippen molar-refractivity contribution < 1.29 is 24.7 Å². The van der Waals surface area contributed by atoms with E-state index in [1.54, 1.807) is 12.1 Å². The second-order valence-corrected chi connectivity index (χ2v) is 6.36. The molecule has 0 saturated carbocycles. The highest BCUT2D eigenvalue weighted by Crippen LogP contribution is 2.39. The number of pyridine rings is 1. The molecule has 0 atom stereocenters. The number of allylic oxidation sites excluding steroid dienone is 2. The summed E-state index contributed by atoms with van der Waals surface area (Å²) < 4.78 is 0. The van der Waals surface area contributed by atoms with E-state index >= 15 is 0 Å². The molecule has 2 N–H and O–H groups in total. The molecule has 8 nitrogen and oxygen atoms in total. The van der Waals surface area contributed by atoms with Gasteiger partial charge in [-0.2, -0.15) is 0 Å². The lowest BCUT2D eigenvalue weighted by atomic mass is 9.74. The Morgan fingerprint density at radius 2 is 1.67 bits per heavy atom. The summed E-state index contributed by atoms with van der Waals surface area (Å²) >= 11 is 0. The summed E-state index contributed by atoms with van der Waals surface area (Å²) in [5.41, 5.74) is 1.33. The molecule has 0 spiro atoms. The van der Waals surface area contributed by atoms with E-state index in [0.717, 1.165) is 16.7 Å². The van der Waals surface area contributed by atoms with Gasteiger partial charge in [0, 0.05) is 11.6 Å². The normalized spacial score (nSPS) is 15.6. The molecule has 138 valence electrons. The van der Waals surface area contributed by atoms with Gasteiger partial charge < -0.3 is 10.2 Å². The van der Waals surface area contributed by atoms with Gasteiger partial charge in [0.15, 0.2) is 5.41 Å². The second kappa shape index (κ2) is 6.99. The molecule has 1 aliphatic carbocycles. The van der Waals surface area contributed by atoms with Crippen molar-refractivity contribution in [3.8, 4) is 11.3 Å². The molecule has 1 aromatic carbocycles. The van der Waals surface area contributed by atoms with Crippen molar-refractivity contribution in [1.82, 2.24) is 4.98 Å². The number of hydrogen-bond donors (Lipinski definition) is 2. The molecule has 1 aliphatic rings. The third kappa shape index (κ3) is 3.41. The zero-order chi connectivity index (χ0) is 19.6. The van der Waals surface area contributed by atoms with Crippen LogP contribution in [0.3, 0.4) is 0 Å². The molecule has 0 fully saturated rings. The Morgan fingerprint density at radius 1 is 1.04 bits per heavy atom. The largest absolute Gasteiger partial charge is 0.480 e. The quantitative estimate of drug-likeness (QED) is 0.470. The standard InChI is InChI=1S/C19H16N2O6/c22-17(23)19(18(24)25)9-7-13(8-10-19)12-1-3-14(4-2-12)16-6-5-15(11-20-16)21(26)27/h1-7,11H,8-10H2,(H,22,23)(H,24,25). The van der Waals surface area contributed by atoms with Crippen LogP contribution in [0, 0.1) is 15.5 Å². The van der Waals surface area contributed by atoms with Gasteiger partial charge in [0.1, 0.15) is 6.20 Å². The van der Waals surface area contributed by atoms with Crippen LogP contribution in [-0.4, -0.2) is 32.1 Å². The molecule has 0 radical (unpaired) electrons. The Labute approximate surface area is 153 Å². The number of carboxylic acid groups (broad SMARTS) is 2. The van der Waals surface area contributed by atoms with E-state index in [2.05, 4.69) is 4.98 Å². The minimum Gasteiger partial charge on any atom is -0.480 e. The molecule has 3 rings (SSSR count). The lowest BCUT2D eigenvalue weighted by molar-refractivity contribution is -0.385. The predicted molar refractivity (Wildman–Crippen MR) is 95.9 cm³/mol. The number of carbonyl (C=O) groups is 2. The average Bonchev–Trinajstić information content (AvgIpc) is 2.68. The van der Waals surface area contributed by atoms with Gasteiger partial charge in [-0.1, -0.05) is 30.3 Å². The third-order valence-corrected chi connectivity index (χ3v) is 4.85. The zero-order valence-corrected chi connectivity index (χ0v) is 14.2. The molecular weight excluding hydrogens is 352 g/mol. The van der Waals surface area contributed by atoms with Gasteiger partial charge in [-0.05, 0) is 36.5 Å². The van der Waals surface area contributed by atoms with Crippen molar-refractivity contribution in [2.75, 3.05) is 0 Å². The first-order valence-corrected chi connectivity index (χ1v) is 8.20. The van der Waals surface area contributed by atoms with E-state index in [9.17, 15) is 29.9 Å². The van der Waals surface area contributed by atoms with Crippen LogP contribution in [0.15, 0.2) is 48.7 Å². The lowest BCUT2D eigenvalue weighted by Gasteiger charge is -2.28. The van der Waals surface area contributed by atoms with Gasteiger partial charge in [0.05, 0.1) is 10.6 Å². The Kier molecular flexibility index (Phi) is 4.72. The average molecular weight is 368 g/mol. The van der Waals surface area contributed by atoms with Crippen molar-refractivity contribution in [2.24, 2.45) is 5.41 Å². The number of hydrogen-bond acceptors (Lipinski definition) is 5. The van der Waals surface area contributed by atoms with Crippen LogP contribution in [-0.2, 0) is 9.59 Å². The van der Waals surface area contributed by atoms with E-state index in [0.29, 0.717) is 12.1 Å². The Balaban J connectivity index is 1.80. The Morgan fingerprint density at radius 3 is 2.11 bits per heavy atom. The van der Waals surface area contributed by atoms with Crippen LogP contribution >= 0.6 is 0 Å².